The number of halogens is 1. The van der Waals surface area contributed by atoms with Crippen LogP contribution in [0.2, 0.25) is 5.02 Å². The first-order valence-corrected chi connectivity index (χ1v) is 10.5. The van der Waals surface area contributed by atoms with Crippen LogP contribution in [-0.2, 0) is 27.9 Å². The van der Waals surface area contributed by atoms with Gasteiger partial charge in [-0.1, -0.05) is 29.8 Å². The van der Waals surface area contributed by atoms with Crippen molar-refractivity contribution in [1.82, 2.24) is 29.1 Å². The highest BCUT2D eigenvalue weighted by atomic mass is 35.5. The molecule has 10 nitrogen and oxygen atoms in total. The molecular weight excluding hydrogens is 436 g/mol. The van der Waals surface area contributed by atoms with Gasteiger partial charge in [-0.3, -0.25) is 23.7 Å². The molecular formula is C21H23ClN6O4. The average Bonchev–Trinajstić information content (AvgIpc) is 3.18. The van der Waals surface area contributed by atoms with Crippen LogP contribution in [-0.4, -0.2) is 74.3 Å². The van der Waals surface area contributed by atoms with Gasteiger partial charge in [0.05, 0.1) is 13.3 Å². The van der Waals surface area contributed by atoms with Crippen molar-refractivity contribution in [2.45, 2.75) is 12.6 Å². The van der Waals surface area contributed by atoms with Crippen LogP contribution in [0.15, 0.2) is 41.6 Å². The zero-order valence-electron chi connectivity index (χ0n) is 17.8. The van der Waals surface area contributed by atoms with E-state index < -0.39 is 12.0 Å². The summed E-state index contributed by atoms with van der Waals surface area (Å²) >= 11 is 6.32. The summed E-state index contributed by atoms with van der Waals surface area (Å²) in [6.07, 6.45) is 2.82. The lowest BCUT2D eigenvalue weighted by atomic mass is 10.0. The molecule has 1 fully saturated rings. The van der Waals surface area contributed by atoms with Crippen molar-refractivity contribution < 1.29 is 14.3 Å². The number of methoxy groups -OCH3 is 1. The maximum Gasteiger partial charge on any atom is 0.327 e. The summed E-state index contributed by atoms with van der Waals surface area (Å²) in [6.45, 7) is 1.64. The highest BCUT2D eigenvalue weighted by Crippen LogP contribution is 2.29. The van der Waals surface area contributed by atoms with Gasteiger partial charge in [0.15, 0.2) is 5.65 Å². The van der Waals surface area contributed by atoms with E-state index in [4.69, 9.17) is 16.3 Å². The summed E-state index contributed by atoms with van der Waals surface area (Å²) < 4.78 is 7.81. The molecule has 1 aromatic carbocycles. The molecule has 0 saturated carbocycles. The van der Waals surface area contributed by atoms with Crippen molar-refractivity contribution in [3.05, 3.63) is 57.7 Å². The van der Waals surface area contributed by atoms with E-state index in [1.807, 2.05) is 11.0 Å². The van der Waals surface area contributed by atoms with Crippen molar-refractivity contribution in [2.24, 2.45) is 7.05 Å². The molecule has 11 heteroatoms. The van der Waals surface area contributed by atoms with Gasteiger partial charge in [-0.05, 0) is 11.6 Å². The third kappa shape index (κ3) is 4.11. The SMILES string of the molecule is COC(=O)C(c1ccccc1Cl)N1CCN(C(=O)Cn2cnc3c(cnn3C)c2=O)CC1. The second-order valence-electron chi connectivity index (χ2n) is 7.55. The molecule has 0 N–H and O–H groups in total. The molecule has 0 aliphatic carbocycles. The molecule has 1 amide bonds. The van der Waals surface area contributed by atoms with Crippen LogP contribution in [0.4, 0.5) is 0 Å². The lowest BCUT2D eigenvalue weighted by molar-refractivity contribution is -0.148. The number of hydrogen-bond donors (Lipinski definition) is 0. The molecule has 0 bridgehead atoms. The predicted octanol–water partition coefficient (Wildman–Crippen LogP) is 0.842. The van der Waals surface area contributed by atoms with Crippen LogP contribution in [0.1, 0.15) is 11.6 Å². The van der Waals surface area contributed by atoms with Crippen molar-refractivity contribution in [3.8, 4) is 0 Å². The number of benzene rings is 1. The average molecular weight is 459 g/mol. The topological polar surface area (TPSA) is 103 Å². The molecule has 3 aromatic rings. The molecule has 2 aromatic heterocycles. The predicted molar refractivity (Wildman–Crippen MR) is 117 cm³/mol. The van der Waals surface area contributed by atoms with Crippen LogP contribution in [0.25, 0.3) is 11.0 Å². The summed E-state index contributed by atoms with van der Waals surface area (Å²) in [6, 6.07) is 6.51. The van der Waals surface area contributed by atoms with Gasteiger partial charge < -0.3 is 9.64 Å². The van der Waals surface area contributed by atoms with E-state index in [0.717, 1.165) is 0 Å². The number of hydrogen-bond acceptors (Lipinski definition) is 7. The lowest BCUT2D eigenvalue weighted by Crippen LogP contribution is -2.52. The molecule has 1 unspecified atom stereocenters. The normalized spacial score (nSPS) is 15.7. The second-order valence-corrected chi connectivity index (χ2v) is 7.95. The standard InChI is InChI=1S/C21H23ClN6O4/c1-25-19-15(11-24-25)20(30)28(13-23-19)12-17(29)26-7-9-27(10-8-26)18(21(31)32-2)14-5-3-4-6-16(14)22/h3-6,11,13,18H,7-10,12H2,1-2H3. The Morgan fingerprint density at radius 3 is 2.59 bits per heavy atom. The third-order valence-corrected chi connectivity index (χ3v) is 6.02. The molecule has 0 spiro atoms. The molecule has 32 heavy (non-hydrogen) atoms. The summed E-state index contributed by atoms with van der Waals surface area (Å²) in [7, 11) is 3.05. The number of fused-ring (bicyclic) bond motifs is 1. The van der Waals surface area contributed by atoms with E-state index in [-0.39, 0.29) is 18.0 Å². The Balaban J connectivity index is 1.45. The number of rotatable bonds is 5. The molecule has 3 heterocycles. The third-order valence-electron chi connectivity index (χ3n) is 5.68. The molecule has 1 saturated heterocycles. The van der Waals surface area contributed by atoms with E-state index in [1.54, 1.807) is 30.1 Å². The Kier molecular flexibility index (Phi) is 6.24. The first kappa shape index (κ1) is 22.0. The van der Waals surface area contributed by atoms with Crippen LogP contribution in [0.3, 0.4) is 0 Å². The number of ether oxygens (including phenoxy) is 1. The monoisotopic (exact) mass is 458 g/mol. The number of carbonyl (C=O) groups excluding carboxylic acids is 2. The van der Waals surface area contributed by atoms with Gasteiger partial charge in [0.2, 0.25) is 5.91 Å². The van der Waals surface area contributed by atoms with E-state index >= 15 is 0 Å². The molecule has 1 atom stereocenters. The van der Waals surface area contributed by atoms with Gasteiger partial charge in [0.25, 0.3) is 5.56 Å². The molecule has 168 valence electrons. The van der Waals surface area contributed by atoms with Crippen LogP contribution < -0.4 is 5.56 Å². The minimum Gasteiger partial charge on any atom is -0.468 e. The van der Waals surface area contributed by atoms with Crippen molar-refractivity contribution in [2.75, 3.05) is 33.3 Å². The Hall–Kier alpha value is -3.24. The van der Waals surface area contributed by atoms with Crippen molar-refractivity contribution in [3.63, 3.8) is 0 Å². The van der Waals surface area contributed by atoms with Crippen LogP contribution in [0.5, 0.6) is 0 Å². The molecule has 4 rings (SSSR count). The minimum atomic E-state index is -0.647. The maximum absolute atomic E-state index is 12.8. The zero-order chi connectivity index (χ0) is 22.8. The van der Waals surface area contributed by atoms with Crippen LogP contribution in [0, 0.1) is 0 Å². The molecule has 0 radical (unpaired) electrons. The number of nitrogens with zero attached hydrogens (tertiary/aromatic N) is 6. The van der Waals surface area contributed by atoms with Gasteiger partial charge >= 0.3 is 5.97 Å². The maximum atomic E-state index is 12.8. The highest BCUT2D eigenvalue weighted by molar-refractivity contribution is 6.31. The van der Waals surface area contributed by atoms with E-state index in [1.165, 1.54) is 28.9 Å². The Bertz CT molecular complexity index is 1210. The Labute approximate surface area is 188 Å². The number of aryl methyl sites for hydroxylation is 1. The zero-order valence-corrected chi connectivity index (χ0v) is 18.5. The quantitative estimate of drug-likeness (QED) is 0.522. The number of carbonyl (C=O) groups is 2. The first-order chi connectivity index (χ1) is 15.4. The van der Waals surface area contributed by atoms with E-state index in [9.17, 15) is 14.4 Å². The summed E-state index contributed by atoms with van der Waals surface area (Å²) in [5.74, 6) is -0.593. The fourth-order valence-corrected chi connectivity index (χ4v) is 4.17. The number of piperazine rings is 1. The first-order valence-electron chi connectivity index (χ1n) is 10.1. The van der Waals surface area contributed by atoms with Crippen molar-refractivity contribution in [1.29, 1.82) is 0 Å². The Morgan fingerprint density at radius 1 is 1.19 bits per heavy atom. The summed E-state index contributed by atoms with van der Waals surface area (Å²) in [5, 5.41) is 4.89. The molecule has 1 aliphatic rings. The van der Waals surface area contributed by atoms with Crippen molar-refractivity contribution >= 4 is 34.5 Å². The number of amides is 1. The summed E-state index contributed by atoms with van der Waals surface area (Å²) in [5.41, 5.74) is 0.837. The minimum absolute atomic E-state index is 0.110. The lowest BCUT2D eigenvalue weighted by Gasteiger charge is -2.38. The summed E-state index contributed by atoms with van der Waals surface area (Å²) in [4.78, 5) is 45.8. The van der Waals surface area contributed by atoms with E-state index in [2.05, 4.69) is 10.1 Å². The van der Waals surface area contributed by atoms with Gasteiger partial charge in [-0.25, -0.2) is 9.78 Å². The number of aromatic nitrogens is 4. The number of esters is 1. The smallest absolute Gasteiger partial charge is 0.327 e. The van der Waals surface area contributed by atoms with Gasteiger partial charge in [-0.15, -0.1) is 0 Å². The van der Waals surface area contributed by atoms with E-state index in [0.29, 0.717) is 47.8 Å². The highest BCUT2D eigenvalue weighted by Gasteiger charge is 2.33. The van der Waals surface area contributed by atoms with Gasteiger partial charge in [-0.2, -0.15) is 5.10 Å². The molecule has 1 aliphatic heterocycles. The van der Waals surface area contributed by atoms with Gasteiger partial charge in [0, 0.05) is 38.2 Å². The van der Waals surface area contributed by atoms with Crippen LogP contribution >= 0.6 is 11.6 Å². The largest absolute Gasteiger partial charge is 0.468 e. The second kappa shape index (κ2) is 9.09. The van der Waals surface area contributed by atoms with Gasteiger partial charge in [0.1, 0.15) is 24.3 Å². The fraction of sp³-hybridized carbons (Fsp3) is 0.381. The Morgan fingerprint density at radius 2 is 1.91 bits per heavy atom. The fourth-order valence-electron chi connectivity index (χ4n) is 3.94.